The highest BCUT2D eigenvalue weighted by Crippen LogP contribution is 2.29. The van der Waals surface area contributed by atoms with Crippen molar-refractivity contribution in [2.45, 2.75) is 13.8 Å². The fourth-order valence-corrected chi connectivity index (χ4v) is 3.37. The molecule has 0 aliphatic carbocycles. The molecule has 1 saturated heterocycles. The van der Waals surface area contributed by atoms with Crippen LogP contribution in [-0.2, 0) is 4.74 Å². The zero-order valence-corrected chi connectivity index (χ0v) is 16.0. The molecule has 0 unspecified atom stereocenters. The van der Waals surface area contributed by atoms with Gasteiger partial charge in [0.1, 0.15) is 11.5 Å². The summed E-state index contributed by atoms with van der Waals surface area (Å²) in [4.78, 5) is 19.6. The van der Waals surface area contributed by atoms with Crippen LogP contribution in [0.25, 0.3) is 10.9 Å². The molecule has 28 heavy (non-hydrogen) atoms. The molecule has 2 heterocycles. The predicted octanol–water partition coefficient (Wildman–Crippen LogP) is 4.08. The third kappa shape index (κ3) is 3.68. The summed E-state index contributed by atoms with van der Waals surface area (Å²) in [6.45, 7) is 6.55. The van der Waals surface area contributed by atoms with E-state index in [2.05, 4.69) is 21.3 Å². The van der Waals surface area contributed by atoms with E-state index >= 15 is 0 Å². The lowest BCUT2D eigenvalue weighted by atomic mass is 10.1. The average Bonchev–Trinajstić information content (AvgIpc) is 2.70. The predicted molar refractivity (Wildman–Crippen MR) is 109 cm³/mol. The van der Waals surface area contributed by atoms with E-state index < -0.39 is 0 Å². The summed E-state index contributed by atoms with van der Waals surface area (Å²) in [5, 5.41) is 3.76. The van der Waals surface area contributed by atoms with Gasteiger partial charge < -0.3 is 15.0 Å². The van der Waals surface area contributed by atoms with Crippen molar-refractivity contribution >= 4 is 28.2 Å². The molecule has 0 bridgehead atoms. The zero-order chi connectivity index (χ0) is 19.7. The molecule has 2 aromatic carbocycles. The first-order valence-electron chi connectivity index (χ1n) is 9.33. The molecular weight excluding hydrogens is 357 g/mol. The molecular formula is C22H22FN3O2. The lowest BCUT2D eigenvalue weighted by molar-refractivity contribution is 0.102. The molecule has 4 rings (SSSR count). The molecule has 0 saturated carbocycles. The van der Waals surface area contributed by atoms with Gasteiger partial charge in [-0.3, -0.25) is 4.79 Å². The summed E-state index contributed by atoms with van der Waals surface area (Å²) in [5.74, 6) is -0.714. The molecule has 1 aliphatic heterocycles. The molecule has 0 radical (unpaired) electrons. The first-order chi connectivity index (χ1) is 13.5. The van der Waals surface area contributed by atoms with Crippen molar-refractivity contribution in [3.8, 4) is 0 Å². The number of pyridine rings is 1. The van der Waals surface area contributed by atoms with Crippen molar-refractivity contribution in [3.05, 3.63) is 65.1 Å². The van der Waals surface area contributed by atoms with Crippen molar-refractivity contribution in [2.75, 3.05) is 36.5 Å². The number of aromatic nitrogens is 1. The van der Waals surface area contributed by atoms with Crippen molar-refractivity contribution in [3.63, 3.8) is 0 Å². The molecule has 0 spiro atoms. The van der Waals surface area contributed by atoms with Crippen LogP contribution in [0.15, 0.2) is 42.5 Å². The Balaban J connectivity index is 1.72. The van der Waals surface area contributed by atoms with Crippen molar-refractivity contribution in [1.29, 1.82) is 0 Å². The summed E-state index contributed by atoms with van der Waals surface area (Å²) in [6.07, 6.45) is 0. The number of rotatable bonds is 3. The van der Waals surface area contributed by atoms with Gasteiger partial charge in [-0.05, 0) is 49.7 Å². The SMILES string of the molecule is Cc1ccc2nc(C(=O)Nc3ccc(C)c(F)c3)cc(N3CCOCC3)c2c1. The highest BCUT2D eigenvalue weighted by atomic mass is 19.1. The third-order valence-electron chi connectivity index (χ3n) is 4.96. The fourth-order valence-electron chi connectivity index (χ4n) is 3.37. The van der Waals surface area contributed by atoms with Gasteiger partial charge in [0.25, 0.3) is 5.91 Å². The van der Waals surface area contributed by atoms with Gasteiger partial charge in [0.2, 0.25) is 0 Å². The second-order valence-electron chi connectivity index (χ2n) is 7.06. The van der Waals surface area contributed by atoms with Crippen LogP contribution in [0.2, 0.25) is 0 Å². The number of carbonyl (C=O) groups excluding carboxylic acids is 1. The molecule has 0 atom stereocenters. The first-order valence-corrected chi connectivity index (χ1v) is 9.33. The molecule has 6 heteroatoms. The first kappa shape index (κ1) is 18.4. The standard InChI is InChI=1S/C22H22FN3O2/c1-14-3-6-19-17(11-14)21(26-7-9-28-10-8-26)13-20(25-19)22(27)24-16-5-4-15(2)18(23)12-16/h3-6,11-13H,7-10H2,1-2H3,(H,24,27). The molecule has 1 aliphatic rings. The molecule has 1 amide bonds. The number of hydrogen-bond acceptors (Lipinski definition) is 4. The number of morpholine rings is 1. The minimum Gasteiger partial charge on any atom is -0.378 e. The highest BCUT2D eigenvalue weighted by Gasteiger charge is 2.19. The van der Waals surface area contributed by atoms with Crippen molar-refractivity contribution in [1.82, 2.24) is 4.98 Å². The Labute approximate surface area is 163 Å². The quantitative estimate of drug-likeness (QED) is 0.745. The second kappa shape index (κ2) is 7.56. The second-order valence-corrected chi connectivity index (χ2v) is 7.06. The topological polar surface area (TPSA) is 54.5 Å². The Morgan fingerprint density at radius 3 is 2.64 bits per heavy atom. The molecule has 3 aromatic rings. The van der Waals surface area contributed by atoms with Crippen LogP contribution in [0.5, 0.6) is 0 Å². The Morgan fingerprint density at radius 1 is 1.11 bits per heavy atom. The van der Waals surface area contributed by atoms with Gasteiger partial charge in [-0.2, -0.15) is 0 Å². The van der Waals surface area contributed by atoms with E-state index in [4.69, 9.17) is 4.74 Å². The number of ether oxygens (including phenoxy) is 1. The fraction of sp³-hybridized carbons (Fsp3) is 0.273. The monoisotopic (exact) mass is 379 g/mol. The Bertz CT molecular complexity index is 1050. The summed E-state index contributed by atoms with van der Waals surface area (Å²) in [7, 11) is 0. The van der Waals surface area contributed by atoms with E-state index in [0.717, 1.165) is 35.2 Å². The average molecular weight is 379 g/mol. The number of aryl methyl sites for hydroxylation is 2. The van der Waals surface area contributed by atoms with Crippen molar-refractivity contribution < 1.29 is 13.9 Å². The summed E-state index contributed by atoms with van der Waals surface area (Å²) >= 11 is 0. The van der Waals surface area contributed by atoms with E-state index in [1.54, 1.807) is 19.1 Å². The van der Waals surface area contributed by atoms with Crippen LogP contribution >= 0.6 is 0 Å². The number of fused-ring (bicyclic) bond motifs is 1. The van der Waals surface area contributed by atoms with Gasteiger partial charge in [-0.15, -0.1) is 0 Å². The lowest BCUT2D eigenvalue weighted by Crippen LogP contribution is -2.36. The maximum Gasteiger partial charge on any atom is 0.274 e. The maximum atomic E-state index is 13.8. The minimum absolute atomic E-state index is 0.304. The normalized spacial score (nSPS) is 14.3. The number of nitrogens with one attached hydrogen (secondary N) is 1. The number of carbonyl (C=O) groups is 1. The number of hydrogen-bond donors (Lipinski definition) is 1. The van der Waals surface area contributed by atoms with E-state index in [9.17, 15) is 9.18 Å². The molecule has 1 N–H and O–H groups in total. The van der Waals surface area contributed by atoms with E-state index in [-0.39, 0.29) is 11.7 Å². The highest BCUT2D eigenvalue weighted by molar-refractivity contribution is 6.06. The number of nitrogens with zero attached hydrogens (tertiary/aromatic N) is 2. The third-order valence-corrected chi connectivity index (χ3v) is 4.96. The summed E-state index contributed by atoms with van der Waals surface area (Å²) in [6, 6.07) is 12.5. The minimum atomic E-state index is -0.361. The van der Waals surface area contributed by atoms with Crippen LogP contribution in [0.3, 0.4) is 0 Å². The Kier molecular flexibility index (Phi) is 4.96. The van der Waals surface area contributed by atoms with Gasteiger partial charge >= 0.3 is 0 Å². The van der Waals surface area contributed by atoms with Crippen LogP contribution in [0.1, 0.15) is 21.6 Å². The Hall–Kier alpha value is -2.99. The van der Waals surface area contributed by atoms with Gasteiger partial charge in [-0.1, -0.05) is 17.7 Å². The summed E-state index contributed by atoms with van der Waals surface area (Å²) < 4.78 is 19.3. The zero-order valence-electron chi connectivity index (χ0n) is 16.0. The van der Waals surface area contributed by atoms with E-state index in [1.165, 1.54) is 6.07 Å². The van der Waals surface area contributed by atoms with Crippen molar-refractivity contribution in [2.24, 2.45) is 0 Å². The van der Waals surface area contributed by atoms with Crippen LogP contribution < -0.4 is 10.2 Å². The smallest absolute Gasteiger partial charge is 0.274 e. The van der Waals surface area contributed by atoms with Gasteiger partial charge in [0.05, 0.1) is 18.7 Å². The lowest BCUT2D eigenvalue weighted by Gasteiger charge is -2.30. The maximum absolute atomic E-state index is 13.8. The van der Waals surface area contributed by atoms with Crippen LogP contribution in [0, 0.1) is 19.7 Å². The van der Waals surface area contributed by atoms with Gasteiger partial charge in [-0.25, -0.2) is 9.37 Å². The van der Waals surface area contributed by atoms with E-state index in [1.807, 2.05) is 25.1 Å². The van der Waals surface area contributed by atoms with Crippen LogP contribution in [0.4, 0.5) is 15.8 Å². The number of benzene rings is 2. The van der Waals surface area contributed by atoms with E-state index in [0.29, 0.717) is 30.2 Å². The number of amides is 1. The molecule has 5 nitrogen and oxygen atoms in total. The Morgan fingerprint density at radius 2 is 1.89 bits per heavy atom. The van der Waals surface area contributed by atoms with Gasteiger partial charge in [0, 0.05) is 29.9 Å². The number of anilines is 2. The van der Waals surface area contributed by atoms with Gasteiger partial charge in [0.15, 0.2) is 0 Å². The molecule has 1 fully saturated rings. The molecule has 144 valence electrons. The molecule has 1 aromatic heterocycles. The van der Waals surface area contributed by atoms with Crippen LogP contribution in [-0.4, -0.2) is 37.2 Å². The largest absolute Gasteiger partial charge is 0.378 e. The number of halogens is 1. The summed E-state index contributed by atoms with van der Waals surface area (Å²) in [5.41, 5.74) is 4.11.